The number of rotatable bonds is 2. The van der Waals surface area contributed by atoms with E-state index in [1.807, 2.05) is 20.8 Å². The van der Waals surface area contributed by atoms with Crippen LogP contribution in [0.2, 0.25) is 0 Å². The molecule has 2 rings (SSSR count). The van der Waals surface area contributed by atoms with E-state index in [1.165, 1.54) is 0 Å². The fourth-order valence-corrected chi connectivity index (χ4v) is 1.63. The molecule has 1 saturated heterocycles. The molecule has 0 bridgehead atoms. The minimum absolute atomic E-state index is 0.0461. The summed E-state index contributed by atoms with van der Waals surface area (Å²) in [6.07, 6.45) is 3.28. The lowest BCUT2D eigenvalue weighted by atomic mass is 9.96. The smallest absolute Gasteiger partial charge is 0.229 e. The van der Waals surface area contributed by atoms with Gasteiger partial charge in [-0.05, 0) is 0 Å². The summed E-state index contributed by atoms with van der Waals surface area (Å²) in [5, 5.41) is 2.80. The predicted molar refractivity (Wildman–Crippen MR) is 73.1 cm³/mol. The van der Waals surface area contributed by atoms with E-state index in [9.17, 15) is 4.79 Å². The van der Waals surface area contributed by atoms with Gasteiger partial charge in [-0.25, -0.2) is 9.97 Å². The molecule has 1 aliphatic rings. The predicted octanol–water partition coefficient (Wildman–Crippen LogP) is 1.30. The standard InChI is InChI=1S/C13H20N4O2/c1-13(2,3)11(18)16-10-8-14-12(15-9-10)17-4-6-19-7-5-17/h8-9H,4-7H2,1-3H3,(H,16,18). The van der Waals surface area contributed by atoms with Crippen molar-refractivity contribution in [1.82, 2.24) is 9.97 Å². The highest BCUT2D eigenvalue weighted by atomic mass is 16.5. The molecule has 0 atom stereocenters. The summed E-state index contributed by atoms with van der Waals surface area (Å²) in [5.41, 5.74) is 0.194. The average molecular weight is 264 g/mol. The third-order valence-electron chi connectivity index (χ3n) is 2.87. The zero-order valence-corrected chi connectivity index (χ0v) is 11.6. The number of hydrogen-bond acceptors (Lipinski definition) is 5. The van der Waals surface area contributed by atoms with Gasteiger partial charge in [-0.2, -0.15) is 0 Å². The zero-order valence-electron chi connectivity index (χ0n) is 11.6. The summed E-state index contributed by atoms with van der Waals surface area (Å²) < 4.78 is 5.28. The van der Waals surface area contributed by atoms with Gasteiger partial charge in [0.2, 0.25) is 11.9 Å². The molecule has 1 aromatic rings. The van der Waals surface area contributed by atoms with Crippen LogP contribution in [0.25, 0.3) is 0 Å². The molecule has 6 heteroatoms. The summed E-state index contributed by atoms with van der Waals surface area (Å²) >= 11 is 0. The number of morpholine rings is 1. The van der Waals surface area contributed by atoms with Crippen molar-refractivity contribution in [3.63, 3.8) is 0 Å². The second kappa shape index (κ2) is 5.52. The molecule has 0 unspecified atom stereocenters. The summed E-state index contributed by atoms with van der Waals surface area (Å²) in [6, 6.07) is 0. The van der Waals surface area contributed by atoms with Crippen LogP contribution >= 0.6 is 0 Å². The number of nitrogens with zero attached hydrogens (tertiary/aromatic N) is 3. The molecule has 0 radical (unpaired) electrons. The Morgan fingerprint density at radius 2 is 1.84 bits per heavy atom. The maximum absolute atomic E-state index is 11.8. The highest BCUT2D eigenvalue weighted by molar-refractivity contribution is 5.94. The van der Waals surface area contributed by atoms with Crippen LogP contribution < -0.4 is 10.2 Å². The van der Waals surface area contributed by atoms with Crippen LogP contribution in [0, 0.1) is 5.41 Å². The number of carbonyl (C=O) groups excluding carboxylic acids is 1. The van der Waals surface area contributed by atoms with Crippen LogP contribution in [0.4, 0.5) is 11.6 Å². The van der Waals surface area contributed by atoms with Gasteiger partial charge in [0.25, 0.3) is 0 Å². The lowest BCUT2D eigenvalue weighted by molar-refractivity contribution is -0.123. The number of anilines is 2. The van der Waals surface area contributed by atoms with Crippen LogP contribution in [0.5, 0.6) is 0 Å². The van der Waals surface area contributed by atoms with Gasteiger partial charge in [0.1, 0.15) is 0 Å². The summed E-state index contributed by atoms with van der Waals surface area (Å²) in [4.78, 5) is 22.5. The minimum atomic E-state index is -0.428. The Morgan fingerprint density at radius 3 is 2.37 bits per heavy atom. The van der Waals surface area contributed by atoms with Crippen molar-refractivity contribution in [2.24, 2.45) is 5.41 Å². The average Bonchev–Trinajstić information content (AvgIpc) is 2.39. The number of amides is 1. The molecule has 1 N–H and O–H groups in total. The molecule has 1 amide bonds. The Hall–Kier alpha value is -1.69. The Labute approximate surface area is 113 Å². The fourth-order valence-electron chi connectivity index (χ4n) is 1.63. The van der Waals surface area contributed by atoms with E-state index >= 15 is 0 Å². The van der Waals surface area contributed by atoms with Gasteiger partial charge in [0.05, 0.1) is 31.3 Å². The molecule has 1 aliphatic heterocycles. The molecule has 0 saturated carbocycles. The monoisotopic (exact) mass is 264 g/mol. The Bertz CT molecular complexity index is 433. The number of aromatic nitrogens is 2. The van der Waals surface area contributed by atoms with E-state index < -0.39 is 5.41 Å². The summed E-state index contributed by atoms with van der Waals surface area (Å²) in [5.74, 6) is 0.632. The van der Waals surface area contributed by atoms with E-state index in [1.54, 1.807) is 12.4 Å². The second-order valence-corrected chi connectivity index (χ2v) is 5.58. The molecule has 19 heavy (non-hydrogen) atoms. The molecular weight excluding hydrogens is 244 g/mol. The number of carbonyl (C=O) groups is 1. The van der Waals surface area contributed by atoms with Gasteiger partial charge >= 0.3 is 0 Å². The van der Waals surface area contributed by atoms with E-state index in [2.05, 4.69) is 20.2 Å². The van der Waals surface area contributed by atoms with E-state index in [0.29, 0.717) is 24.8 Å². The molecule has 1 aromatic heterocycles. The van der Waals surface area contributed by atoms with E-state index in [-0.39, 0.29) is 5.91 Å². The molecule has 1 fully saturated rings. The Kier molecular flexibility index (Phi) is 3.99. The fraction of sp³-hybridized carbons (Fsp3) is 0.615. The first-order valence-electron chi connectivity index (χ1n) is 6.43. The van der Waals surface area contributed by atoms with Crippen LogP contribution in [-0.2, 0) is 9.53 Å². The van der Waals surface area contributed by atoms with Crippen LogP contribution in [0.1, 0.15) is 20.8 Å². The van der Waals surface area contributed by atoms with E-state index in [0.717, 1.165) is 13.1 Å². The number of nitrogens with one attached hydrogen (secondary N) is 1. The van der Waals surface area contributed by atoms with Gasteiger partial charge in [-0.3, -0.25) is 4.79 Å². The SMILES string of the molecule is CC(C)(C)C(=O)Nc1cnc(N2CCOCC2)nc1. The van der Waals surface area contributed by atoms with Crippen molar-refractivity contribution in [2.75, 3.05) is 36.5 Å². The van der Waals surface area contributed by atoms with E-state index in [4.69, 9.17) is 4.74 Å². The molecule has 0 spiro atoms. The lowest BCUT2D eigenvalue weighted by Gasteiger charge is -2.26. The largest absolute Gasteiger partial charge is 0.378 e. The van der Waals surface area contributed by atoms with Crippen LogP contribution in [-0.4, -0.2) is 42.2 Å². The van der Waals surface area contributed by atoms with Crippen molar-refractivity contribution < 1.29 is 9.53 Å². The molecule has 104 valence electrons. The quantitative estimate of drug-likeness (QED) is 0.872. The highest BCUT2D eigenvalue weighted by Gasteiger charge is 2.21. The Morgan fingerprint density at radius 1 is 1.26 bits per heavy atom. The van der Waals surface area contributed by atoms with Crippen molar-refractivity contribution in [1.29, 1.82) is 0 Å². The lowest BCUT2D eigenvalue weighted by Crippen LogP contribution is -2.37. The van der Waals surface area contributed by atoms with Crippen LogP contribution in [0.15, 0.2) is 12.4 Å². The van der Waals surface area contributed by atoms with Crippen molar-refractivity contribution in [3.05, 3.63) is 12.4 Å². The molecular formula is C13H20N4O2. The first kappa shape index (κ1) is 13.7. The van der Waals surface area contributed by atoms with Crippen LogP contribution in [0.3, 0.4) is 0 Å². The third kappa shape index (κ3) is 3.64. The minimum Gasteiger partial charge on any atom is -0.378 e. The number of hydrogen-bond donors (Lipinski definition) is 1. The van der Waals surface area contributed by atoms with Gasteiger partial charge in [-0.15, -0.1) is 0 Å². The third-order valence-corrected chi connectivity index (χ3v) is 2.87. The first-order chi connectivity index (χ1) is 8.97. The molecule has 2 heterocycles. The molecule has 0 aromatic carbocycles. The first-order valence-corrected chi connectivity index (χ1v) is 6.43. The maximum atomic E-state index is 11.8. The highest BCUT2D eigenvalue weighted by Crippen LogP contribution is 2.17. The van der Waals surface area contributed by atoms with Crippen molar-refractivity contribution >= 4 is 17.5 Å². The normalized spacial score (nSPS) is 16.3. The maximum Gasteiger partial charge on any atom is 0.229 e. The van der Waals surface area contributed by atoms with Gasteiger partial charge in [0.15, 0.2) is 0 Å². The summed E-state index contributed by atoms with van der Waals surface area (Å²) in [7, 11) is 0. The second-order valence-electron chi connectivity index (χ2n) is 5.58. The molecule has 6 nitrogen and oxygen atoms in total. The van der Waals surface area contributed by atoms with Gasteiger partial charge < -0.3 is 15.0 Å². The van der Waals surface area contributed by atoms with Gasteiger partial charge in [-0.1, -0.05) is 20.8 Å². The molecule has 0 aliphatic carbocycles. The Balaban J connectivity index is 2.00. The van der Waals surface area contributed by atoms with Crippen molar-refractivity contribution in [3.8, 4) is 0 Å². The topological polar surface area (TPSA) is 67.4 Å². The zero-order chi connectivity index (χ0) is 13.9. The number of ether oxygens (including phenoxy) is 1. The van der Waals surface area contributed by atoms with Crippen molar-refractivity contribution in [2.45, 2.75) is 20.8 Å². The summed E-state index contributed by atoms with van der Waals surface area (Å²) in [6.45, 7) is 8.60. The van der Waals surface area contributed by atoms with Gasteiger partial charge in [0, 0.05) is 18.5 Å².